The van der Waals surface area contributed by atoms with E-state index in [4.69, 9.17) is 4.74 Å². The van der Waals surface area contributed by atoms with Gasteiger partial charge in [0.25, 0.3) is 0 Å². The van der Waals surface area contributed by atoms with E-state index in [1.165, 1.54) is 28.0 Å². The summed E-state index contributed by atoms with van der Waals surface area (Å²) in [7, 11) is 0. The fourth-order valence-electron chi connectivity index (χ4n) is 3.40. The van der Waals surface area contributed by atoms with Crippen LogP contribution < -0.4 is 5.32 Å². The highest BCUT2D eigenvalue weighted by Crippen LogP contribution is 2.40. The van der Waals surface area contributed by atoms with E-state index in [-0.39, 0.29) is 30.2 Å². The van der Waals surface area contributed by atoms with E-state index in [1.807, 2.05) is 60.2 Å². The van der Waals surface area contributed by atoms with Gasteiger partial charge in [-0.3, -0.25) is 9.59 Å². The summed E-state index contributed by atoms with van der Waals surface area (Å²) in [5.74, 6) is -0.902. The van der Waals surface area contributed by atoms with Crippen LogP contribution in [-0.4, -0.2) is 40.1 Å². The van der Waals surface area contributed by atoms with Crippen LogP contribution in [0.1, 0.15) is 17.4 Å². The smallest absolute Gasteiger partial charge is 0.333 e. The van der Waals surface area contributed by atoms with Crippen molar-refractivity contribution in [2.75, 3.05) is 0 Å². The Morgan fingerprint density at radius 1 is 1.17 bits per heavy atom. The minimum atomic E-state index is -0.747. The van der Waals surface area contributed by atoms with E-state index in [1.54, 1.807) is 0 Å². The van der Waals surface area contributed by atoms with Crippen molar-refractivity contribution < 1.29 is 19.1 Å². The summed E-state index contributed by atoms with van der Waals surface area (Å²) < 4.78 is 5.46. The van der Waals surface area contributed by atoms with Crippen LogP contribution in [-0.2, 0) is 32.1 Å². The molecule has 1 aromatic heterocycles. The van der Waals surface area contributed by atoms with Gasteiger partial charge in [-0.2, -0.15) is 0 Å². The van der Waals surface area contributed by atoms with Gasteiger partial charge in [0.2, 0.25) is 11.8 Å². The molecule has 2 aliphatic rings. The molecule has 6 nitrogen and oxygen atoms in total. The quantitative estimate of drug-likeness (QED) is 0.566. The molecule has 150 valence electrons. The number of fused-ring (bicyclic) bond motifs is 1. The number of esters is 1. The number of thiophene rings is 1. The molecule has 2 unspecified atom stereocenters. The van der Waals surface area contributed by atoms with E-state index in [9.17, 15) is 14.4 Å². The maximum absolute atomic E-state index is 12.7. The molecule has 0 spiro atoms. The van der Waals surface area contributed by atoms with Crippen LogP contribution in [0.2, 0.25) is 0 Å². The van der Waals surface area contributed by atoms with Crippen LogP contribution in [0.4, 0.5) is 0 Å². The summed E-state index contributed by atoms with van der Waals surface area (Å²) in [4.78, 5) is 40.2. The molecule has 2 aliphatic heterocycles. The van der Waals surface area contributed by atoms with Gasteiger partial charge >= 0.3 is 5.97 Å². The SMILES string of the molecule is CC1=CS[C@H]2C(NC(=O)Cc3cccs3)C(=O)N2C1C(=O)OCc1ccccc1. The van der Waals surface area contributed by atoms with Crippen molar-refractivity contribution in [3.8, 4) is 0 Å². The number of hydrogen-bond donors (Lipinski definition) is 1. The van der Waals surface area contributed by atoms with Crippen molar-refractivity contribution in [1.29, 1.82) is 0 Å². The van der Waals surface area contributed by atoms with Crippen LogP contribution in [0.25, 0.3) is 0 Å². The fourth-order valence-corrected chi connectivity index (χ4v) is 5.29. The molecule has 8 heteroatoms. The zero-order valence-electron chi connectivity index (χ0n) is 15.7. The average Bonchev–Trinajstić information content (AvgIpc) is 3.23. The summed E-state index contributed by atoms with van der Waals surface area (Å²) in [6.45, 7) is 1.97. The van der Waals surface area contributed by atoms with E-state index >= 15 is 0 Å². The Kier molecular flexibility index (Phi) is 5.73. The Morgan fingerprint density at radius 2 is 1.97 bits per heavy atom. The molecule has 1 fully saturated rings. The molecule has 4 rings (SSSR count). The minimum Gasteiger partial charge on any atom is -0.459 e. The molecule has 0 aliphatic carbocycles. The van der Waals surface area contributed by atoms with Gasteiger partial charge in [0.1, 0.15) is 18.0 Å². The zero-order valence-corrected chi connectivity index (χ0v) is 17.4. The standard InChI is InChI=1S/C21H20N2O4S2/c1-13-12-29-20-17(22-16(24)10-15-8-5-9-28-15)19(25)23(20)18(13)21(26)27-11-14-6-3-2-4-7-14/h2-9,12,17-18,20H,10-11H2,1H3,(H,22,24)/t17?,18?,20-/m0/s1. The molecule has 2 aromatic rings. The first-order valence-corrected chi connectivity index (χ1v) is 11.0. The molecular weight excluding hydrogens is 408 g/mol. The third-order valence-corrected chi connectivity index (χ3v) is 7.02. The first-order valence-electron chi connectivity index (χ1n) is 9.21. The fraction of sp³-hybridized carbons (Fsp3) is 0.286. The van der Waals surface area contributed by atoms with E-state index in [0.29, 0.717) is 0 Å². The van der Waals surface area contributed by atoms with Crippen LogP contribution in [0, 0.1) is 0 Å². The summed E-state index contributed by atoms with van der Waals surface area (Å²) in [6, 6.07) is 11.8. The van der Waals surface area contributed by atoms with Gasteiger partial charge < -0.3 is 15.0 Å². The Morgan fingerprint density at radius 3 is 2.69 bits per heavy atom. The Labute approximate surface area is 176 Å². The predicted octanol–water partition coefficient (Wildman–Crippen LogP) is 2.71. The third-order valence-electron chi connectivity index (χ3n) is 4.86. The monoisotopic (exact) mass is 428 g/mol. The first kappa shape index (κ1) is 19.7. The lowest BCUT2D eigenvalue weighted by Gasteiger charge is -2.51. The molecule has 1 aromatic carbocycles. The largest absolute Gasteiger partial charge is 0.459 e. The van der Waals surface area contributed by atoms with E-state index in [0.717, 1.165) is 16.0 Å². The lowest BCUT2D eigenvalue weighted by atomic mass is 9.98. The van der Waals surface area contributed by atoms with Gasteiger partial charge in [0, 0.05) is 4.88 Å². The normalized spacial score (nSPS) is 22.9. The molecule has 2 amide bonds. The molecule has 1 saturated heterocycles. The Hall–Kier alpha value is -2.58. The Bertz CT molecular complexity index is 943. The van der Waals surface area contributed by atoms with Gasteiger partial charge in [-0.15, -0.1) is 23.1 Å². The van der Waals surface area contributed by atoms with Crippen LogP contribution >= 0.6 is 23.1 Å². The number of β-lactam (4-membered cyclic amide) rings is 1. The Balaban J connectivity index is 1.39. The highest BCUT2D eigenvalue weighted by Gasteiger charge is 2.55. The van der Waals surface area contributed by atoms with Crippen LogP contribution in [0.15, 0.2) is 58.8 Å². The number of thioether (sulfide) groups is 1. The molecular formula is C21H20N2O4S2. The van der Waals surface area contributed by atoms with Gasteiger partial charge in [-0.25, -0.2) is 4.79 Å². The number of benzene rings is 1. The van der Waals surface area contributed by atoms with Crippen molar-refractivity contribution >= 4 is 40.9 Å². The van der Waals surface area contributed by atoms with Crippen LogP contribution in [0.3, 0.4) is 0 Å². The van der Waals surface area contributed by atoms with Gasteiger partial charge in [-0.1, -0.05) is 36.4 Å². The highest BCUT2D eigenvalue weighted by atomic mass is 32.2. The number of nitrogens with zero attached hydrogens (tertiary/aromatic N) is 1. The number of rotatable bonds is 6. The zero-order chi connectivity index (χ0) is 20.4. The maximum Gasteiger partial charge on any atom is 0.333 e. The van der Waals surface area contributed by atoms with E-state index in [2.05, 4.69) is 5.32 Å². The number of carbonyl (C=O) groups is 3. The molecule has 0 radical (unpaired) electrons. The number of hydrogen-bond acceptors (Lipinski definition) is 6. The summed E-state index contributed by atoms with van der Waals surface area (Å²) in [5, 5.41) is 6.30. The summed E-state index contributed by atoms with van der Waals surface area (Å²) in [6.07, 6.45) is 0.246. The molecule has 0 saturated carbocycles. The second kappa shape index (κ2) is 8.42. The summed E-state index contributed by atoms with van der Waals surface area (Å²) >= 11 is 2.95. The van der Waals surface area contributed by atoms with E-state index < -0.39 is 18.1 Å². The third kappa shape index (κ3) is 4.09. The van der Waals surface area contributed by atoms with Crippen LogP contribution in [0.5, 0.6) is 0 Å². The molecule has 29 heavy (non-hydrogen) atoms. The molecule has 3 atom stereocenters. The van der Waals surface area contributed by atoms with Crippen molar-refractivity contribution in [3.63, 3.8) is 0 Å². The number of nitrogens with one attached hydrogen (secondary N) is 1. The lowest BCUT2D eigenvalue weighted by molar-refractivity contribution is -0.163. The van der Waals surface area contributed by atoms with Crippen molar-refractivity contribution in [1.82, 2.24) is 10.2 Å². The van der Waals surface area contributed by atoms with Crippen molar-refractivity contribution in [2.45, 2.75) is 37.4 Å². The predicted molar refractivity (Wildman–Crippen MR) is 112 cm³/mol. The number of carbonyl (C=O) groups excluding carboxylic acids is 3. The minimum absolute atomic E-state index is 0.157. The second-order valence-corrected chi connectivity index (χ2v) is 8.95. The average molecular weight is 429 g/mol. The number of ether oxygens (including phenoxy) is 1. The van der Waals surface area contributed by atoms with Gasteiger partial charge in [-0.05, 0) is 34.9 Å². The van der Waals surface area contributed by atoms with Gasteiger partial charge in [0.15, 0.2) is 6.04 Å². The lowest BCUT2D eigenvalue weighted by Crippen LogP contribution is -2.73. The summed E-state index contributed by atoms with van der Waals surface area (Å²) in [5.41, 5.74) is 1.65. The van der Waals surface area contributed by atoms with Crippen molar-refractivity contribution in [2.24, 2.45) is 0 Å². The highest BCUT2D eigenvalue weighted by molar-refractivity contribution is 8.02. The molecule has 3 heterocycles. The molecule has 0 bridgehead atoms. The molecule has 1 N–H and O–H groups in total. The number of amides is 2. The first-order chi connectivity index (χ1) is 14.0. The maximum atomic E-state index is 12.7. The van der Waals surface area contributed by atoms with Gasteiger partial charge in [0.05, 0.1) is 6.42 Å². The second-order valence-electron chi connectivity index (χ2n) is 6.93. The topological polar surface area (TPSA) is 75.7 Å². The van der Waals surface area contributed by atoms with Crippen molar-refractivity contribution in [3.05, 3.63) is 69.3 Å².